The van der Waals surface area contributed by atoms with Crippen molar-refractivity contribution < 1.29 is 14.3 Å². The van der Waals surface area contributed by atoms with Crippen molar-refractivity contribution in [2.45, 2.75) is 13.3 Å². The van der Waals surface area contributed by atoms with Gasteiger partial charge < -0.3 is 10.1 Å². The van der Waals surface area contributed by atoms with Gasteiger partial charge in [0.05, 0.1) is 15.6 Å². The number of hydrogen-bond acceptors (Lipinski definition) is 3. The molecule has 0 radical (unpaired) electrons. The lowest BCUT2D eigenvalue weighted by atomic mass is 10.1. The van der Waals surface area contributed by atoms with E-state index in [1.807, 2.05) is 31.2 Å². The zero-order valence-electron chi connectivity index (χ0n) is 13.1. The average Bonchev–Trinajstić information content (AvgIpc) is 2.57. The Kier molecular flexibility index (Phi) is 6.64. The van der Waals surface area contributed by atoms with Gasteiger partial charge in [0.15, 0.2) is 6.61 Å². The van der Waals surface area contributed by atoms with Gasteiger partial charge in [-0.05, 0) is 42.7 Å². The molecule has 0 aliphatic rings. The van der Waals surface area contributed by atoms with Gasteiger partial charge in [-0.1, -0.05) is 47.5 Å². The SMILES string of the molecule is Cc1ccccc1CCNC(=O)COC(=O)c1ccc(Cl)c(Cl)c1. The molecule has 2 rings (SSSR count). The van der Waals surface area contributed by atoms with E-state index >= 15 is 0 Å². The number of halogens is 2. The third kappa shape index (κ3) is 5.25. The predicted octanol–water partition coefficient (Wildman–Crippen LogP) is 3.82. The van der Waals surface area contributed by atoms with Crippen molar-refractivity contribution in [2.24, 2.45) is 0 Å². The number of nitrogens with one attached hydrogen (secondary N) is 1. The molecule has 24 heavy (non-hydrogen) atoms. The lowest BCUT2D eigenvalue weighted by Crippen LogP contribution is -2.30. The molecule has 0 heterocycles. The second-order valence-electron chi connectivity index (χ2n) is 5.23. The highest BCUT2D eigenvalue weighted by Crippen LogP contribution is 2.22. The van der Waals surface area contributed by atoms with Gasteiger partial charge in [-0.2, -0.15) is 0 Å². The van der Waals surface area contributed by atoms with Gasteiger partial charge in [-0.25, -0.2) is 4.79 Å². The highest BCUT2D eigenvalue weighted by atomic mass is 35.5. The zero-order valence-corrected chi connectivity index (χ0v) is 14.7. The standard InChI is InChI=1S/C18H17Cl2NO3/c1-12-4-2-3-5-13(12)8-9-21-17(22)11-24-18(23)14-6-7-15(19)16(20)10-14/h2-7,10H,8-9,11H2,1H3,(H,21,22). The molecule has 6 heteroatoms. The van der Waals surface area contributed by atoms with E-state index in [1.54, 1.807) is 0 Å². The Labute approximate surface area is 150 Å². The second kappa shape index (κ2) is 8.71. The Morgan fingerprint density at radius 2 is 1.83 bits per heavy atom. The summed E-state index contributed by atoms with van der Waals surface area (Å²) in [4.78, 5) is 23.6. The van der Waals surface area contributed by atoms with Gasteiger partial charge in [-0.15, -0.1) is 0 Å². The highest BCUT2D eigenvalue weighted by Gasteiger charge is 2.11. The first-order chi connectivity index (χ1) is 11.5. The number of ether oxygens (including phenoxy) is 1. The normalized spacial score (nSPS) is 10.3. The minimum Gasteiger partial charge on any atom is -0.452 e. The summed E-state index contributed by atoms with van der Waals surface area (Å²) in [7, 11) is 0. The quantitative estimate of drug-likeness (QED) is 0.791. The van der Waals surface area contributed by atoms with Gasteiger partial charge in [0, 0.05) is 6.54 Å². The number of benzene rings is 2. The minimum absolute atomic E-state index is 0.247. The number of amides is 1. The molecular formula is C18H17Cl2NO3. The molecule has 0 aromatic heterocycles. The summed E-state index contributed by atoms with van der Waals surface area (Å²) in [6.45, 7) is 2.16. The van der Waals surface area contributed by atoms with Crippen LogP contribution in [0.5, 0.6) is 0 Å². The number of esters is 1. The number of aryl methyl sites for hydroxylation is 1. The summed E-state index contributed by atoms with van der Waals surface area (Å²) in [5.41, 5.74) is 2.60. The molecule has 0 aliphatic carbocycles. The molecule has 0 aliphatic heterocycles. The van der Waals surface area contributed by atoms with Crippen LogP contribution >= 0.6 is 23.2 Å². The van der Waals surface area contributed by atoms with Crippen LogP contribution in [0.3, 0.4) is 0 Å². The van der Waals surface area contributed by atoms with Crippen LogP contribution in [0.25, 0.3) is 0 Å². The van der Waals surface area contributed by atoms with E-state index in [1.165, 1.54) is 29.3 Å². The van der Waals surface area contributed by atoms with Crippen molar-refractivity contribution in [3.63, 3.8) is 0 Å². The Morgan fingerprint density at radius 3 is 2.54 bits per heavy atom. The van der Waals surface area contributed by atoms with Crippen molar-refractivity contribution in [1.82, 2.24) is 5.32 Å². The fraction of sp³-hybridized carbons (Fsp3) is 0.222. The molecule has 0 unspecified atom stereocenters. The van der Waals surface area contributed by atoms with E-state index in [0.29, 0.717) is 11.6 Å². The lowest BCUT2D eigenvalue weighted by molar-refractivity contribution is -0.124. The molecular weight excluding hydrogens is 349 g/mol. The summed E-state index contributed by atoms with van der Waals surface area (Å²) in [6.07, 6.45) is 0.721. The summed E-state index contributed by atoms with van der Waals surface area (Å²) in [6, 6.07) is 12.4. The molecule has 0 saturated carbocycles. The minimum atomic E-state index is -0.623. The van der Waals surface area contributed by atoms with E-state index in [4.69, 9.17) is 27.9 Å². The Balaban J connectivity index is 1.75. The zero-order chi connectivity index (χ0) is 17.5. The molecule has 0 atom stereocenters. The summed E-state index contributed by atoms with van der Waals surface area (Å²) >= 11 is 11.6. The van der Waals surface area contributed by atoms with Crippen molar-refractivity contribution in [3.8, 4) is 0 Å². The molecule has 0 saturated heterocycles. The number of hydrogen-bond donors (Lipinski definition) is 1. The largest absolute Gasteiger partial charge is 0.452 e. The van der Waals surface area contributed by atoms with Crippen molar-refractivity contribution in [3.05, 3.63) is 69.2 Å². The van der Waals surface area contributed by atoms with Crippen LogP contribution in [0, 0.1) is 6.92 Å². The first-order valence-corrected chi connectivity index (χ1v) is 8.16. The molecule has 1 amide bonds. The first-order valence-electron chi connectivity index (χ1n) is 7.41. The number of carbonyl (C=O) groups is 2. The Bertz CT molecular complexity index is 747. The number of rotatable bonds is 6. The summed E-state index contributed by atoms with van der Waals surface area (Å²) < 4.78 is 4.96. The van der Waals surface area contributed by atoms with E-state index in [0.717, 1.165) is 6.42 Å². The molecule has 1 N–H and O–H groups in total. The monoisotopic (exact) mass is 365 g/mol. The molecule has 4 nitrogen and oxygen atoms in total. The van der Waals surface area contributed by atoms with Crippen LogP contribution in [-0.2, 0) is 16.0 Å². The van der Waals surface area contributed by atoms with Crippen LogP contribution in [0.2, 0.25) is 10.0 Å². The molecule has 2 aromatic carbocycles. The fourth-order valence-corrected chi connectivity index (χ4v) is 2.41. The highest BCUT2D eigenvalue weighted by molar-refractivity contribution is 6.42. The molecule has 126 valence electrons. The van der Waals surface area contributed by atoms with Crippen LogP contribution in [0.4, 0.5) is 0 Å². The third-order valence-corrected chi connectivity index (χ3v) is 4.21. The average molecular weight is 366 g/mol. The molecule has 0 fully saturated rings. The topological polar surface area (TPSA) is 55.4 Å². The Hall–Kier alpha value is -2.04. The van der Waals surface area contributed by atoms with E-state index in [-0.39, 0.29) is 23.1 Å². The van der Waals surface area contributed by atoms with Gasteiger partial charge in [0.25, 0.3) is 5.91 Å². The van der Waals surface area contributed by atoms with E-state index in [2.05, 4.69) is 5.32 Å². The van der Waals surface area contributed by atoms with Crippen LogP contribution in [0.1, 0.15) is 21.5 Å². The smallest absolute Gasteiger partial charge is 0.338 e. The number of carbonyl (C=O) groups excluding carboxylic acids is 2. The predicted molar refractivity (Wildman–Crippen MR) is 94.6 cm³/mol. The molecule has 0 bridgehead atoms. The van der Waals surface area contributed by atoms with Gasteiger partial charge >= 0.3 is 5.97 Å². The lowest BCUT2D eigenvalue weighted by Gasteiger charge is -2.08. The van der Waals surface area contributed by atoms with Crippen LogP contribution < -0.4 is 5.32 Å². The van der Waals surface area contributed by atoms with Crippen molar-refractivity contribution in [2.75, 3.05) is 13.2 Å². The van der Waals surface area contributed by atoms with E-state index in [9.17, 15) is 9.59 Å². The second-order valence-corrected chi connectivity index (χ2v) is 6.05. The van der Waals surface area contributed by atoms with Crippen LogP contribution in [0.15, 0.2) is 42.5 Å². The maximum absolute atomic E-state index is 11.8. The van der Waals surface area contributed by atoms with Gasteiger partial charge in [-0.3, -0.25) is 4.79 Å². The van der Waals surface area contributed by atoms with Crippen LogP contribution in [-0.4, -0.2) is 25.0 Å². The van der Waals surface area contributed by atoms with Gasteiger partial charge in [0.2, 0.25) is 0 Å². The third-order valence-electron chi connectivity index (χ3n) is 3.47. The van der Waals surface area contributed by atoms with Crippen molar-refractivity contribution in [1.29, 1.82) is 0 Å². The van der Waals surface area contributed by atoms with Crippen molar-refractivity contribution >= 4 is 35.1 Å². The first kappa shape index (κ1) is 18.3. The van der Waals surface area contributed by atoms with E-state index < -0.39 is 5.97 Å². The molecule has 2 aromatic rings. The Morgan fingerprint density at radius 1 is 1.08 bits per heavy atom. The summed E-state index contributed by atoms with van der Waals surface area (Å²) in [5.74, 6) is -0.973. The maximum Gasteiger partial charge on any atom is 0.338 e. The summed E-state index contributed by atoms with van der Waals surface area (Å²) in [5, 5.41) is 3.33. The molecule has 0 spiro atoms. The maximum atomic E-state index is 11.8. The fourth-order valence-electron chi connectivity index (χ4n) is 2.12. The van der Waals surface area contributed by atoms with Gasteiger partial charge in [0.1, 0.15) is 0 Å².